The Bertz CT molecular complexity index is 1440. The number of hydrogen-bond donors (Lipinski definition) is 8. The summed E-state index contributed by atoms with van der Waals surface area (Å²) in [7, 11) is 0. The molecule has 4 atom stereocenters. The average Bonchev–Trinajstić information content (AvgIpc) is 3.38. The van der Waals surface area contributed by atoms with Crippen molar-refractivity contribution in [3.8, 4) is 5.75 Å². The highest BCUT2D eigenvalue weighted by molar-refractivity contribution is 7.98. The van der Waals surface area contributed by atoms with Crippen molar-refractivity contribution >= 4 is 52.3 Å². The van der Waals surface area contributed by atoms with Crippen molar-refractivity contribution in [2.45, 2.75) is 49.9 Å². The predicted molar refractivity (Wildman–Crippen MR) is 162 cm³/mol. The number of carbonyl (C=O) groups is 5. The molecule has 0 radical (unpaired) electrons. The Hall–Kier alpha value is -4.56. The Morgan fingerprint density at radius 1 is 0.884 bits per heavy atom. The van der Waals surface area contributed by atoms with Gasteiger partial charge in [0.2, 0.25) is 23.6 Å². The van der Waals surface area contributed by atoms with Gasteiger partial charge in [-0.15, -0.1) is 0 Å². The third-order valence-corrected chi connectivity index (χ3v) is 7.37. The van der Waals surface area contributed by atoms with Gasteiger partial charge in [-0.3, -0.25) is 19.2 Å². The Balaban J connectivity index is 1.90. The van der Waals surface area contributed by atoms with Crippen LogP contribution in [0, 0.1) is 0 Å². The van der Waals surface area contributed by atoms with E-state index >= 15 is 0 Å². The molecule has 4 unspecified atom stereocenters. The van der Waals surface area contributed by atoms with Gasteiger partial charge >= 0.3 is 5.97 Å². The van der Waals surface area contributed by atoms with Gasteiger partial charge in [-0.25, -0.2) is 4.79 Å². The van der Waals surface area contributed by atoms with Crippen LogP contribution in [0.1, 0.15) is 24.0 Å². The number of primary amides is 1. The number of nitrogens with two attached hydrogens (primary N) is 2. The van der Waals surface area contributed by atoms with Crippen LogP contribution in [0.5, 0.6) is 5.75 Å². The lowest BCUT2D eigenvalue weighted by atomic mass is 10.0. The highest BCUT2D eigenvalue weighted by Crippen LogP contribution is 2.20. The number of aromatic hydroxyl groups is 1. The summed E-state index contributed by atoms with van der Waals surface area (Å²) in [6.45, 7) is 0. The number of phenolic OH excluding ortho intramolecular Hbond substituents is 1. The van der Waals surface area contributed by atoms with Crippen LogP contribution in [0.2, 0.25) is 0 Å². The normalized spacial score (nSPS) is 13.8. The Kier molecular flexibility index (Phi) is 12.0. The minimum absolute atomic E-state index is 0.00789. The molecule has 4 amide bonds. The van der Waals surface area contributed by atoms with Crippen LogP contribution >= 0.6 is 11.8 Å². The SMILES string of the molecule is CSCCC(N)C(=O)NC(Cc1ccc(O)cc1)C(=O)NC(Cc1c[nH]c2ccccc12)C(=O)NC(CC(N)=O)C(=O)O. The molecule has 0 aliphatic rings. The molecule has 1 aromatic heterocycles. The minimum atomic E-state index is -1.62. The monoisotopic (exact) mass is 612 g/mol. The summed E-state index contributed by atoms with van der Waals surface area (Å²) in [5, 5.41) is 27.6. The molecule has 0 fully saturated rings. The van der Waals surface area contributed by atoms with E-state index < -0.39 is 60.2 Å². The zero-order chi connectivity index (χ0) is 31.5. The van der Waals surface area contributed by atoms with Gasteiger partial charge in [0.15, 0.2) is 0 Å². The number of hydrogen-bond acceptors (Lipinski definition) is 8. The number of aliphatic carboxylic acids is 1. The van der Waals surface area contributed by atoms with Gasteiger partial charge in [0.25, 0.3) is 0 Å². The molecule has 0 saturated carbocycles. The van der Waals surface area contributed by atoms with Crippen LogP contribution < -0.4 is 27.4 Å². The lowest BCUT2D eigenvalue weighted by Gasteiger charge is -2.25. The Morgan fingerprint density at radius 2 is 1.49 bits per heavy atom. The standard InChI is InChI=1S/C29H36N6O7S/c1-43-11-10-20(30)26(38)33-22(12-16-6-8-18(36)9-7-16)27(39)34-23(28(40)35-24(29(41)42)14-25(31)37)13-17-15-32-21-5-3-2-4-19(17)21/h2-9,15,20,22-24,32,36H,10-14,30H2,1H3,(H2,31,37)(H,33,38)(H,34,39)(H,35,40)(H,41,42). The first-order chi connectivity index (χ1) is 20.5. The lowest BCUT2D eigenvalue weighted by Crippen LogP contribution is -2.58. The van der Waals surface area contributed by atoms with Crippen LogP contribution in [0.4, 0.5) is 0 Å². The van der Waals surface area contributed by atoms with Crippen LogP contribution in [0.3, 0.4) is 0 Å². The highest BCUT2D eigenvalue weighted by Gasteiger charge is 2.31. The van der Waals surface area contributed by atoms with Crippen molar-refractivity contribution in [2.75, 3.05) is 12.0 Å². The van der Waals surface area contributed by atoms with E-state index in [4.69, 9.17) is 11.5 Å². The van der Waals surface area contributed by atoms with Crippen molar-refractivity contribution in [3.63, 3.8) is 0 Å². The van der Waals surface area contributed by atoms with Gasteiger partial charge < -0.3 is 42.6 Å². The first-order valence-electron chi connectivity index (χ1n) is 13.5. The summed E-state index contributed by atoms with van der Waals surface area (Å²) in [5.74, 6) is -3.89. The molecule has 1 heterocycles. The molecule has 0 spiro atoms. The number of carboxylic acid groups (broad SMARTS) is 1. The lowest BCUT2D eigenvalue weighted by molar-refractivity contribution is -0.143. The number of thioether (sulfide) groups is 1. The first kappa shape index (κ1) is 32.9. The Labute approximate surface area is 252 Å². The maximum atomic E-state index is 13.7. The average molecular weight is 613 g/mol. The number of para-hydroxylation sites is 1. The number of rotatable bonds is 16. The molecule has 0 saturated heterocycles. The smallest absolute Gasteiger partial charge is 0.326 e. The molecule has 14 heteroatoms. The number of carbonyl (C=O) groups excluding carboxylic acids is 4. The van der Waals surface area contributed by atoms with Crippen LogP contribution in [-0.2, 0) is 36.8 Å². The molecule has 3 aromatic rings. The van der Waals surface area contributed by atoms with Gasteiger partial charge in [-0.1, -0.05) is 30.3 Å². The number of aromatic nitrogens is 1. The van der Waals surface area contributed by atoms with Gasteiger partial charge in [0, 0.05) is 29.9 Å². The largest absolute Gasteiger partial charge is 0.508 e. The van der Waals surface area contributed by atoms with E-state index in [1.807, 2.05) is 30.5 Å². The molecular formula is C29H36N6O7S. The third-order valence-electron chi connectivity index (χ3n) is 6.73. The van der Waals surface area contributed by atoms with Crippen LogP contribution in [-0.4, -0.2) is 81.0 Å². The van der Waals surface area contributed by atoms with Crippen molar-refractivity contribution < 1.29 is 34.2 Å². The van der Waals surface area contributed by atoms with Gasteiger partial charge in [-0.05, 0) is 47.8 Å². The maximum Gasteiger partial charge on any atom is 0.326 e. The van der Waals surface area contributed by atoms with Gasteiger partial charge in [-0.2, -0.15) is 11.8 Å². The van der Waals surface area contributed by atoms with Crippen molar-refractivity contribution in [2.24, 2.45) is 11.5 Å². The number of fused-ring (bicyclic) bond motifs is 1. The summed E-state index contributed by atoms with van der Waals surface area (Å²) in [6, 6.07) is 8.40. The van der Waals surface area contributed by atoms with E-state index in [1.54, 1.807) is 18.3 Å². The van der Waals surface area contributed by atoms with E-state index in [9.17, 15) is 34.2 Å². The van der Waals surface area contributed by atoms with Crippen molar-refractivity contribution in [3.05, 3.63) is 65.9 Å². The topological polar surface area (TPSA) is 230 Å². The summed E-state index contributed by atoms with van der Waals surface area (Å²) in [5.41, 5.74) is 13.3. The van der Waals surface area contributed by atoms with Gasteiger partial charge in [0.1, 0.15) is 23.9 Å². The highest BCUT2D eigenvalue weighted by atomic mass is 32.2. The number of H-pyrrole nitrogens is 1. The number of benzene rings is 2. The van der Waals surface area contributed by atoms with E-state index in [0.29, 0.717) is 23.3 Å². The van der Waals surface area contributed by atoms with Crippen LogP contribution in [0.15, 0.2) is 54.7 Å². The van der Waals surface area contributed by atoms with Gasteiger partial charge in [0.05, 0.1) is 12.5 Å². The van der Waals surface area contributed by atoms with Crippen LogP contribution in [0.25, 0.3) is 10.9 Å². The number of carboxylic acids is 1. The first-order valence-corrected chi connectivity index (χ1v) is 14.9. The maximum absolute atomic E-state index is 13.7. The second-order valence-electron chi connectivity index (χ2n) is 10.0. The molecule has 3 rings (SSSR count). The number of aromatic amines is 1. The number of phenols is 1. The molecule has 2 aromatic carbocycles. The molecule has 43 heavy (non-hydrogen) atoms. The summed E-state index contributed by atoms with van der Waals surface area (Å²) in [6.07, 6.45) is 3.25. The van der Waals surface area contributed by atoms with E-state index in [-0.39, 0.29) is 18.6 Å². The second-order valence-corrected chi connectivity index (χ2v) is 11.0. The summed E-state index contributed by atoms with van der Waals surface area (Å²) >= 11 is 1.52. The second kappa shape index (κ2) is 15.6. The molecule has 0 aliphatic carbocycles. The molecule has 0 aliphatic heterocycles. The van der Waals surface area contributed by atoms with E-state index in [0.717, 1.165) is 10.9 Å². The molecular weight excluding hydrogens is 576 g/mol. The van der Waals surface area contributed by atoms with E-state index in [1.165, 1.54) is 23.9 Å². The fourth-order valence-electron chi connectivity index (χ4n) is 4.41. The molecule has 10 N–H and O–H groups in total. The molecule has 230 valence electrons. The fourth-order valence-corrected chi connectivity index (χ4v) is 4.90. The minimum Gasteiger partial charge on any atom is -0.508 e. The zero-order valence-corrected chi connectivity index (χ0v) is 24.4. The molecule has 13 nitrogen and oxygen atoms in total. The van der Waals surface area contributed by atoms with Crippen molar-refractivity contribution in [1.29, 1.82) is 0 Å². The number of amides is 4. The Morgan fingerprint density at radius 3 is 2.12 bits per heavy atom. The molecule has 0 bridgehead atoms. The third kappa shape index (κ3) is 9.75. The van der Waals surface area contributed by atoms with Crippen molar-refractivity contribution in [1.82, 2.24) is 20.9 Å². The van der Waals surface area contributed by atoms with E-state index in [2.05, 4.69) is 20.9 Å². The predicted octanol–water partition coefficient (Wildman–Crippen LogP) is 0.154. The summed E-state index contributed by atoms with van der Waals surface area (Å²) in [4.78, 5) is 66.2. The quantitative estimate of drug-likeness (QED) is 0.110. The number of nitrogens with one attached hydrogen (secondary N) is 4. The zero-order valence-electron chi connectivity index (χ0n) is 23.5. The summed E-state index contributed by atoms with van der Waals surface area (Å²) < 4.78 is 0. The fraction of sp³-hybridized carbons (Fsp3) is 0.345.